The number of nitriles is 1. The van der Waals surface area contributed by atoms with E-state index < -0.39 is 10.3 Å². The van der Waals surface area contributed by atoms with Gasteiger partial charge in [-0.25, -0.2) is 4.79 Å². The van der Waals surface area contributed by atoms with Gasteiger partial charge in [0.05, 0.1) is 11.5 Å². The molecule has 0 aliphatic carbocycles. The van der Waals surface area contributed by atoms with Gasteiger partial charge < -0.3 is 15.4 Å². The smallest absolute Gasteiger partial charge is 0.314 e. The van der Waals surface area contributed by atoms with E-state index in [1.807, 2.05) is 20.8 Å². The Morgan fingerprint density at radius 1 is 1.43 bits per heavy atom. The second-order valence-corrected chi connectivity index (χ2v) is 5.69. The van der Waals surface area contributed by atoms with Crippen LogP contribution in [0.25, 0.3) is 0 Å². The Hall–Kier alpha value is -2.82. The molecule has 0 saturated heterocycles. The van der Waals surface area contributed by atoms with Crippen LogP contribution in [0.4, 0.5) is 10.5 Å². The van der Waals surface area contributed by atoms with Crippen molar-refractivity contribution in [3.63, 3.8) is 0 Å². The number of hydrogen-bond donors (Lipinski definition) is 2. The molecule has 1 aromatic carbocycles. The molecule has 0 spiro atoms. The van der Waals surface area contributed by atoms with E-state index in [9.17, 15) is 14.9 Å². The molecule has 23 heavy (non-hydrogen) atoms. The minimum absolute atomic E-state index is 0.106. The topological polar surface area (TPSA) is 117 Å². The van der Waals surface area contributed by atoms with Crippen LogP contribution in [0.15, 0.2) is 18.2 Å². The number of carbonyl (C=O) groups is 1. The van der Waals surface area contributed by atoms with E-state index in [1.54, 1.807) is 6.07 Å². The van der Waals surface area contributed by atoms with Crippen LogP contribution in [0.5, 0.6) is 5.75 Å². The molecular weight excluding hydrogens is 300 g/mol. The first kappa shape index (κ1) is 18.2. The standard InChI is InChI=1S/C15H20N4O4/c1-4-17-14(20)18-9-15(2,3)10-23-13-7-5-6-12(19(21)22)11(13)8-16/h5-7H,4,9-10H2,1-3H3,(H2,17,18,20). The summed E-state index contributed by atoms with van der Waals surface area (Å²) in [7, 11) is 0. The molecule has 124 valence electrons. The summed E-state index contributed by atoms with van der Waals surface area (Å²) in [6.07, 6.45) is 0. The summed E-state index contributed by atoms with van der Waals surface area (Å²) >= 11 is 0. The monoisotopic (exact) mass is 320 g/mol. The van der Waals surface area contributed by atoms with E-state index in [0.29, 0.717) is 13.1 Å². The van der Waals surface area contributed by atoms with E-state index in [4.69, 9.17) is 10.00 Å². The Labute approximate surface area is 134 Å². The highest BCUT2D eigenvalue weighted by Crippen LogP contribution is 2.28. The molecule has 1 aromatic rings. The maximum atomic E-state index is 11.4. The molecule has 0 saturated carbocycles. The Morgan fingerprint density at radius 2 is 2.13 bits per heavy atom. The Kier molecular flexibility index (Phi) is 6.33. The number of rotatable bonds is 7. The van der Waals surface area contributed by atoms with Crippen molar-refractivity contribution in [3.8, 4) is 11.8 Å². The van der Waals surface area contributed by atoms with Crippen molar-refractivity contribution < 1.29 is 14.5 Å². The second-order valence-electron chi connectivity index (χ2n) is 5.69. The van der Waals surface area contributed by atoms with Gasteiger partial charge in [0.25, 0.3) is 5.69 Å². The highest BCUT2D eigenvalue weighted by atomic mass is 16.6. The van der Waals surface area contributed by atoms with Crippen molar-refractivity contribution >= 4 is 11.7 Å². The van der Waals surface area contributed by atoms with Crippen LogP contribution in [0.1, 0.15) is 26.3 Å². The lowest BCUT2D eigenvalue weighted by Crippen LogP contribution is -2.42. The van der Waals surface area contributed by atoms with Crippen molar-refractivity contribution in [2.75, 3.05) is 19.7 Å². The maximum Gasteiger partial charge on any atom is 0.314 e. The van der Waals surface area contributed by atoms with Crippen molar-refractivity contribution in [1.29, 1.82) is 5.26 Å². The number of benzene rings is 1. The molecule has 1 rings (SSSR count). The number of urea groups is 1. The molecular formula is C15H20N4O4. The summed E-state index contributed by atoms with van der Waals surface area (Å²) in [5, 5.41) is 25.4. The van der Waals surface area contributed by atoms with Gasteiger partial charge in [0.2, 0.25) is 0 Å². The quantitative estimate of drug-likeness (QED) is 0.590. The van der Waals surface area contributed by atoms with Gasteiger partial charge in [-0.2, -0.15) is 5.26 Å². The minimum Gasteiger partial charge on any atom is -0.491 e. The highest BCUT2D eigenvalue weighted by Gasteiger charge is 2.23. The van der Waals surface area contributed by atoms with Crippen molar-refractivity contribution in [2.24, 2.45) is 5.41 Å². The largest absolute Gasteiger partial charge is 0.491 e. The first-order valence-corrected chi connectivity index (χ1v) is 7.12. The molecule has 0 fully saturated rings. The number of ether oxygens (including phenoxy) is 1. The number of amides is 2. The molecule has 0 unspecified atom stereocenters. The molecule has 0 aliphatic rings. The molecule has 0 atom stereocenters. The predicted molar refractivity (Wildman–Crippen MR) is 84.2 cm³/mol. The molecule has 0 radical (unpaired) electrons. The third kappa shape index (κ3) is 5.47. The van der Waals surface area contributed by atoms with E-state index >= 15 is 0 Å². The average Bonchev–Trinajstić information content (AvgIpc) is 2.51. The Bertz CT molecular complexity index is 622. The number of carbonyl (C=O) groups excluding carboxylic acids is 1. The molecule has 8 heteroatoms. The SMILES string of the molecule is CCNC(=O)NCC(C)(C)COc1cccc([N+](=O)[O-])c1C#N. The summed E-state index contributed by atoms with van der Waals surface area (Å²) in [6.45, 7) is 6.65. The van der Waals surface area contributed by atoms with Crippen LogP contribution in [0, 0.1) is 26.9 Å². The fourth-order valence-corrected chi connectivity index (χ4v) is 1.77. The second kappa shape index (κ2) is 7.98. The number of nitro groups is 1. The first-order chi connectivity index (χ1) is 10.8. The summed E-state index contributed by atoms with van der Waals surface area (Å²) in [4.78, 5) is 21.7. The van der Waals surface area contributed by atoms with Crippen molar-refractivity contribution in [3.05, 3.63) is 33.9 Å². The zero-order chi connectivity index (χ0) is 17.5. The van der Waals surface area contributed by atoms with Gasteiger partial charge in [0, 0.05) is 24.6 Å². The lowest BCUT2D eigenvalue weighted by atomic mass is 9.95. The highest BCUT2D eigenvalue weighted by molar-refractivity contribution is 5.73. The van der Waals surface area contributed by atoms with Gasteiger partial charge in [-0.15, -0.1) is 0 Å². The molecule has 2 amide bonds. The minimum atomic E-state index is -0.618. The molecule has 0 heterocycles. The van der Waals surface area contributed by atoms with Gasteiger partial charge in [0.1, 0.15) is 11.8 Å². The van der Waals surface area contributed by atoms with Crippen LogP contribution in [0.3, 0.4) is 0 Å². The number of hydrogen-bond acceptors (Lipinski definition) is 5. The fraction of sp³-hybridized carbons (Fsp3) is 0.467. The van der Waals surface area contributed by atoms with Crippen LogP contribution in [0.2, 0.25) is 0 Å². The van der Waals surface area contributed by atoms with Crippen LogP contribution >= 0.6 is 0 Å². The molecule has 8 nitrogen and oxygen atoms in total. The van der Waals surface area contributed by atoms with E-state index in [0.717, 1.165) is 0 Å². The fourth-order valence-electron chi connectivity index (χ4n) is 1.77. The number of nitro benzene ring substituents is 1. The molecule has 0 bridgehead atoms. The summed E-state index contributed by atoms with van der Waals surface area (Å²) in [5.74, 6) is 0.160. The average molecular weight is 320 g/mol. The first-order valence-electron chi connectivity index (χ1n) is 7.12. The molecule has 0 aromatic heterocycles. The summed E-state index contributed by atoms with van der Waals surface area (Å²) in [5.41, 5.74) is -0.809. The molecule has 0 aliphatic heterocycles. The number of nitrogens with zero attached hydrogens (tertiary/aromatic N) is 2. The van der Waals surface area contributed by atoms with Gasteiger partial charge in [-0.3, -0.25) is 10.1 Å². The zero-order valence-electron chi connectivity index (χ0n) is 13.4. The predicted octanol–water partition coefficient (Wildman–Crippen LogP) is 2.19. The summed E-state index contributed by atoms with van der Waals surface area (Å²) in [6, 6.07) is 5.77. The van der Waals surface area contributed by atoms with Crippen molar-refractivity contribution in [1.82, 2.24) is 10.6 Å². The lowest BCUT2D eigenvalue weighted by Gasteiger charge is -2.25. The van der Waals surface area contributed by atoms with Gasteiger partial charge in [-0.05, 0) is 13.0 Å². The van der Waals surface area contributed by atoms with Crippen LogP contribution in [-0.2, 0) is 0 Å². The van der Waals surface area contributed by atoms with Crippen molar-refractivity contribution in [2.45, 2.75) is 20.8 Å². The lowest BCUT2D eigenvalue weighted by molar-refractivity contribution is -0.385. The molecule has 2 N–H and O–H groups in total. The summed E-state index contributed by atoms with van der Waals surface area (Å²) < 4.78 is 5.58. The third-order valence-electron chi connectivity index (χ3n) is 3.00. The van der Waals surface area contributed by atoms with Gasteiger partial charge in [0.15, 0.2) is 5.56 Å². The van der Waals surface area contributed by atoms with E-state index in [1.165, 1.54) is 18.2 Å². The normalized spacial score (nSPS) is 10.5. The van der Waals surface area contributed by atoms with Gasteiger partial charge >= 0.3 is 6.03 Å². The van der Waals surface area contributed by atoms with E-state index in [2.05, 4.69) is 10.6 Å². The van der Waals surface area contributed by atoms with Crippen LogP contribution < -0.4 is 15.4 Å². The van der Waals surface area contributed by atoms with Gasteiger partial charge in [-0.1, -0.05) is 19.9 Å². The number of nitrogens with one attached hydrogen (secondary N) is 2. The Morgan fingerprint density at radius 3 is 2.70 bits per heavy atom. The zero-order valence-corrected chi connectivity index (χ0v) is 13.4. The third-order valence-corrected chi connectivity index (χ3v) is 3.00. The Balaban J connectivity index is 2.74. The van der Waals surface area contributed by atoms with Crippen LogP contribution in [-0.4, -0.2) is 30.7 Å². The van der Waals surface area contributed by atoms with E-state index in [-0.39, 0.29) is 29.6 Å². The maximum absolute atomic E-state index is 11.4.